The molecule has 0 spiro atoms. The number of carbonyl (C=O) groups excluding carboxylic acids is 1. The van der Waals surface area contributed by atoms with Crippen LogP contribution in [-0.2, 0) is 4.79 Å². The largest absolute Gasteiger partial charge is 0.851 e. The van der Waals surface area contributed by atoms with E-state index in [2.05, 4.69) is 0 Å². The number of hydrogen-bond donors (Lipinski definition) is 0. The van der Waals surface area contributed by atoms with Crippen molar-refractivity contribution in [3.63, 3.8) is 0 Å². The van der Waals surface area contributed by atoms with Crippen LogP contribution in [0.2, 0.25) is 0 Å². The third-order valence-corrected chi connectivity index (χ3v) is 7.25. The number of hydrogen-bond acceptors (Lipinski definition) is 7. The maximum atomic E-state index is 12.4. The van der Waals surface area contributed by atoms with Crippen molar-refractivity contribution in [2.24, 2.45) is 11.8 Å². The Hall–Kier alpha value is -0.0500. The molecule has 0 aromatic rings. The molecular formula is C13H10O3S4-2. The zero-order valence-electron chi connectivity index (χ0n) is 10.1. The Morgan fingerprint density at radius 1 is 0.900 bits per heavy atom. The molecule has 0 aromatic heterocycles. The van der Waals surface area contributed by atoms with Crippen LogP contribution in [-0.4, -0.2) is 18.0 Å². The summed E-state index contributed by atoms with van der Waals surface area (Å²) in [6.45, 7) is 0. The van der Waals surface area contributed by atoms with Crippen LogP contribution in [0.4, 0.5) is 0 Å². The fraction of sp³-hybridized carbons (Fsp3) is 0.308. The zero-order valence-corrected chi connectivity index (χ0v) is 13.4. The Balaban J connectivity index is 1.78. The van der Waals surface area contributed by atoms with Crippen molar-refractivity contribution in [3.05, 3.63) is 42.3 Å². The molecule has 1 aliphatic carbocycles. The maximum absolute atomic E-state index is 12.4. The molecule has 7 heteroatoms. The molecule has 1 saturated carbocycles. The summed E-state index contributed by atoms with van der Waals surface area (Å²) in [5.41, 5.74) is 0. The average molecular weight is 342 g/mol. The molecule has 106 valence electrons. The Morgan fingerprint density at radius 2 is 1.40 bits per heavy atom. The van der Waals surface area contributed by atoms with Gasteiger partial charge in [-0.2, -0.15) is 0 Å². The van der Waals surface area contributed by atoms with Gasteiger partial charge in [0, 0.05) is 14.4 Å². The van der Waals surface area contributed by atoms with Crippen LogP contribution in [0.1, 0.15) is 0 Å². The summed E-state index contributed by atoms with van der Waals surface area (Å²) in [6, 6.07) is 0. The minimum absolute atomic E-state index is 0.464. The van der Waals surface area contributed by atoms with E-state index in [0.29, 0.717) is 0 Å². The molecular weight excluding hydrogens is 332 g/mol. The van der Waals surface area contributed by atoms with E-state index in [1.807, 2.05) is 21.6 Å². The lowest BCUT2D eigenvalue weighted by atomic mass is 10.0. The Labute approximate surface area is 134 Å². The molecule has 0 amide bonds. The summed E-state index contributed by atoms with van der Waals surface area (Å²) >= 11 is 5.95. The van der Waals surface area contributed by atoms with E-state index in [9.17, 15) is 15.0 Å². The van der Waals surface area contributed by atoms with E-state index in [0.717, 1.165) is 8.47 Å². The van der Waals surface area contributed by atoms with Gasteiger partial charge in [0.2, 0.25) is 0 Å². The third-order valence-electron chi connectivity index (χ3n) is 3.18. The lowest BCUT2D eigenvalue weighted by molar-refractivity contribution is -0.458. The molecule has 2 aliphatic heterocycles. The highest BCUT2D eigenvalue weighted by Crippen LogP contribution is 2.42. The van der Waals surface area contributed by atoms with E-state index in [4.69, 9.17) is 0 Å². The smallest absolute Gasteiger partial charge is 0.125 e. The van der Waals surface area contributed by atoms with Crippen LogP contribution >= 0.6 is 47.0 Å². The summed E-state index contributed by atoms with van der Waals surface area (Å²) in [5, 5.41) is 32.1. The zero-order chi connectivity index (χ0) is 14.1. The molecule has 0 radical (unpaired) electrons. The lowest BCUT2D eigenvalue weighted by Gasteiger charge is -2.30. The molecule has 1 fully saturated rings. The third kappa shape index (κ3) is 2.93. The quantitative estimate of drug-likeness (QED) is 0.759. The standard InChI is InChI=1S/C13H10O3S4/c14-11-7(5-9-17-1-2-18-9)12(15)13(16)8(11)6-10-19-3-4-20-10/h1-8,11-12H/q-2. The van der Waals surface area contributed by atoms with Gasteiger partial charge in [-0.05, 0) is 27.6 Å². The Morgan fingerprint density at radius 3 is 1.95 bits per heavy atom. The molecule has 3 rings (SSSR count). The number of rotatable bonds is 2. The highest BCUT2D eigenvalue weighted by molar-refractivity contribution is 8.27. The first kappa shape index (κ1) is 14.9. The van der Waals surface area contributed by atoms with Crippen LogP contribution in [0.5, 0.6) is 0 Å². The number of Topliss-reactive ketones (excluding diaryl/α,β-unsaturated/α-hetero) is 1. The fourth-order valence-electron chi connectivity index (χ4n) is 2.21. The van der Waals surface area contributed by atoms with Gasteiger partial charge in [-0.25, -0.2) is 0 Å². The van der Waals surface area contributed by atoms with Crippen molar-refractivity contribution >= 4 is 52.8 Å². The van der Waals surface area contributed by atoms with Gasteiger partial charge in [0.25, 0.3) is 0 Å². The summed E-state index contributed by atoms with van der Waals surface area (Å²) < 4.78 is 1.83. The average Bonchev–Trinajstić information content (AvgIpc) is 3.15. The second kappa shape index (κ2) is 6.37. The van der Waals surface area contributed by atoms with Crippen molar-refractivity contribution < 1.29 is 15.0 Å². The summed E-state index contributed by atoms with van der Waals surface area (Å²) in [6.07, 6.45) is 0.756. The van der Waals surface area contributed by atoms with E-state index >= 15 is 0 Å². The van der Waals surface area contributed by atoms with Gasteiger partial charge in [0.1, 0.15) is 5.78 Å². The van der Waals surface area contributed by atoms with Crippen LogP contribution < -0.4 is 10.2 Å². The van der Waals surface area contributed by atoms with E-state index < -0.39 is 29.8 Å². The van der Waals surface area contributed by atoms with Crippen molar-refractivity contribution in [3.8, 4) is 0 Å². The minimum Gasteiger partial charge on any atom is -0.851 e. The fourth-order valence-corrected chi connectivity index (χ4v) is 5.67. The van der Waals surface area contributed by atoms with Gasteiger partial charge in [0.05, 0.1) is 0 Å². The SMILES string of the molecule is O=C1C([O-])C(C=C2SC=CS2)C([O-])C1C=C1SC=CS1. The molecule has 3 nitrogen and oxygen atoms in total. The van der Waals surface area contributed by atoms with Crippen molar-refractivity contribution in [1.82, 2.24) is 0 Å². The normalized spacial score (nSPS) is 36.2. The van der Waals surface area contributed by atoms with E-state index in [1.54, 1.807) is 12.2 Å². The molecule has 0 saturated heterocycles. The predicted octanol–water partition coefficient (Wildman–Crippen LogP) is 1.84. The van der Waals surface area contributed by atoms with Gasteiger partial charge < -0.3 is 15.0 Å². The Bertz CT molecular complexity index is 518. The lowest BCUT2D eigenvalue weighted by Crippen LogP contribution is -2.40. The summed E-state index contributed by atoms with van der Waals surface area (Å²) in [4.78, 5) is 12.0. The first-order valence-corrected chi connectivity index (χ1v) is 9.44. The number of carbonyl (C=O) groups is 1. The molecule has 4 unspecified atom stereocenters. The van der Waals surface area contributed by atoms with Crippen LogP contribution in [0.15, 0.2) is 42.3 Å². The number of ketones is 1. The Kier molecular flexibility index (Phi) is 4.74. The van der Waals surface area contributed by atoms with Crippen molar-refractivity contribution in [2.75, 3.05) is 0 Å². The van der Waals surface area contributed by atoms with Crippen molar-refractivity contribution in [2.45, 2.75) is 12.2 Å². The molecule has 0 N–H and O–H groups in total. The highest BCUT2D eigenvalue weighted by Gasteiger charge is 2.36. The first-order valence-electron chi connectivity index (χ1n) is 5.92. The minimum atomic E-state index is -1.43. The summed E-state index contributed by atoms with van der Waals surface area (Å²) in [7, 11) is 0. The van der Waals surface area contributed by atoms with Gasteiger partial charge in [0.15, 0.2) is 0 Å². The molecule has 0 bridgehead atoms. The second-order valence-corrected chi connectivity index (χ2v) is 8.69. The van der Waals surface area contributed by atoms with Gasteiger partial charge >= 0.3 is 0 Å². The first-order chi connectivity index (χ1) is 9.66. The summed E-state index contributed by atoms with van der Waals surface area (Å²) in [5.74, 6) is -2.00. The monoisotopic (exact) mass is 342 g/mol. The van der Waals surface area contributed by atoms with Crippen molar-refractivity contribution in [1.29, 1.82) is 0 Å². The van der Waals surface area contributed by atoms with Crippen LogP contribution in [0.25, 0.3) is 0 Å². The molecule has 4 atom stereocenters. The van der Waals surface area contributed by atoms with Crippen LogP contribution in [0, 0.1) is 11.8 Å². The van der Waals surface area contributed by atoms with E-state index in [-0.39, 0.29) is 0 Å². The highest BCUT2D eigenvalue weighted by atomic mass is 32.2. The van der Waals surface area contributed by atoms with Gasteiger partial charge in [-0.3, -0.25) is 0 Å². The van der Waals surface area contributed by atoms with Gasteiger partial charge in [-0.1, -0.05) is 65.3 Å². The molecule has 0 aromatic carbocycles. The van der Waals surface area contributed by atoms with Gasteiger partial charge in [-0.15, -0.1) is 6.10 Å². The van der Waals surface area contributed by atoms with Crippen LogP contribution in [0.3, 0.4) is 0 Å². The topological polar surface area (TPSA) is 63.2 Å². The number of thioether (sulfide) groups is 4. The molecule has 20 heavy (non-hydrogen) atoms. The predicted molar refractivity (Wildman–Crippen MR) is 84.4 cm³/mol. The maximum Gasteiger partial charge on any atom is 0.125 e. The van der Waals surface area contributed by atoms with E-state index in [1.165, 1.54) is 47.0 Å². The second-order valence-electron chi connectivity index (χ2n) is 4.38. The molecule has 3 aliphatic rings. The molecule has 2 heterocycles.